The Hall–Kier alpha value is -0.850. The molecule has 0 saturated carbocycles. The maximum absolute atomic E-state index is 4.23. The van der Waals surface area contributed by atoms with E-state index in [-0.39, 0.29) is 0 Å². The topological polar surface area (TPSA) is 14.1 Å². The lowest BCUT2D eigenvalue weighted by molar-refractivity contribution is 0.799. The minimum atomic E-state index is 1.01. The number of rotatable bonds is 0. The molecular weight excluding hydrogens is 122 g/mol. The van der Waals surface area contributed by atoms with E-state index in [1.165, 1.54) is 24.8 Å². The average Bonchev–Trinajstić information content (AvgIpc) is 2.05. The Morgan fingerprint density at radius 2 is 2.30 bits per heavy atom. The summed E-state index contributed by atoms with van der Waals surface area (Å²) in [5.74, 6) is 0. The van der Waals surface area contributed by atoms with Gasteiger partial charge in [0.15, 0.2) is 0 Å². The van der Waals surface area contributed by atoms with Crippen LogP contribution in [-0.4, -0.2) is 12.8 Å². The summed E-state index contributed by atoms with van der Waals surface area (Å²) in [5, 5.41) is 0. The molecule has 0 N–H and O–H groups in total. The summed E-state index contributed by atoms with van der Waals surface area (Å²) >= 11 is 0. The molecule has 0 amide bonds. The molecule has 0 aromatic rings. The molecule has 0 bridgehead atoms. The summed E-state index contributed by atoms with van der Waals surface area (Å²) in [4.78, 5) is 4.23. The van der Waals surface area contributed by atoms with Gasteiger partial charge >= 0.3 is 0 Å². The molecule has 2 rings (SSSR count). The minimum Gasteiger partial charge on any atom is -0.0834 e. The van der Waals surface area contributed by atoms with E-state index in [9.17, 15) is 0 Å². The van der Waals surface area contributed by atoms with Crippen molar-refractivity contribution < 1.29 is 0 Å². The Morgan fingerprint density at radius 1 is 1.30 bits per heavy atom. The van der Waals surface area contributed by atoms with E-state index in [0.717, 1.165) is 6.54 Å². The highest BCUT2D eigenvalue weighted by molar-refractivity contribution is 5.83. The molecule has 0 aromatic heterocycles. The third kappa shape index (κ3) is 0.919. The van der Waals surface area contributed by atoms with Crippen LogP contribution in [0.2, 0.25) is 0 Å². The summed E-state index contributed by atoms with van der Waals surface area (Å²) in [7, 11) is 0. The van der Waals surface area contributed by atoms with Gasteiger partial charge in [-0.1, -0.05) is 12.2 Å². The molecule has 0 fully saturated rings. The van der Waals surface area contributed by atoms with Crippen molar-refractivity contribution in [2.24, 2.45) is 0 Å². The Labute approximate surface area is 61.2 Å². The number of aliphatic imine (C=N–C) groups is 1. The molecule has 0 saturated heterocycles. The Bertz CT molecular complexity index is 199. The van der Waals surface area contributed by atoms with Crippen molar-refractivity contribution in [2.45, 2.75) is 19.3 Å². The number of hydrogen-bond acceptors (Lipinski definition) is 1. The van der Waals surface area contributed by atoms with E-state index in [0.29, 0.717) is 0 Å². The second kappa shape index (κ2) is 2.41. The number of allylic oxidation sites excluding steroid dienone is 3. The van der Waals surface area contributed by atoms with E-state index in [1.54, 1.807) is 5.57 Å². The highest BCUT2D eigenvalue weighted by Gasteiger charge is 2.15. The predicted molar refractivity (Wildman–Crippen MR) is 43.1 cm³/mol. The minimum absolute atomic E-state index is 1.01. The van der Waals surface area contributed by atoms with Crippen molar-refractivity contribution in [2.75, 3.05) is 6.54 Å². The van der Waals surface area contributed by atoms with E-state index in [4.69, 9.17) is 0 Å². The van der Waals surface area contributed by atoms with Crippen LogP contribution in [0.25, 0.3) is 0 Å². The van der Waals surface area contributed by atoms with Gasteiger partial charge in [0, 0.05) is 17.0 Å². The first-order valence-corrected chi connectivity index (χ1v) is 3.85. The molecule has 2 aliphatic rings. The first-order valence-electron chi connectivity index (χ1n) is 3.85. The van der Waals surface area contributed by atoms with Gasteiger partial charge in [0.1, 0.15) is 0 Å². The zero-order chi connectivity index (χ0) is 6.81. The standard InChI is InChI=1S/C9H11N/c1-2-4-9-7-10-6-5-8(9)3-1/h2,4,7H,1,3,5-6H2/q+1. The van der Waals surface area contributed by atoms with Gasteiger partial charge in [-0.15, -0.1) is 0 Å². The van der Waals surface area contributed by atoms with E-state index in [1.807, 2.05) is 6.21 Å². The predicted octanol–water partition coefficient (Wildman–Crippen LogP) is 1.44. The van der Waals surface area contributed by atoms with Gasteiger partial charge in [-0.3, -0.25) is 0 Å². The Balaban J connectivity index is 2.32. The maximum atomic E-state index is 4.23. The molecule has 51 valence electrons. The van der Waals surface area contributed by atoms with Crippen molar-refractivity contribution >= 4 is 6.21 Å². The third-order valence-corrected chi connectivity index (χ3v) is 2.09. The lowest BCUT2D eigenvalue weighted by atomic mass is 9.94. The average molecular weight is 133 g/mol. The van der Waals surface area contributed by atoms with E-state index < -0.39 is 0 Å². The molecule has 1 aliphatic heterocycles. The molecule has 1 aliphatic carbocycles. The van der Waals surface area contributed by atoms with E-state index >= 15 is 0 Å². The van der Waals surface area contributed by atoms with Gasteiger partial charge < -0.3 is 0 Å². The van der Waals surface area contributed by atoms with Crippen molar-refractivity contribution in [3.8, 4) is 0 Å². The Morgan fingerprint density at radius 3 is 3.20 bits per heavy atom. The van der Waals surface area contributed by atoms with Crippen molar-refractivity contribution in [3.63, 3.8) is 0 Å². The molecule has 1 heterocycles. The first kappa shape index (κ1) is 5.90. The smallest absolute Gasteiger partial charge is 0.0834 e. The third-order valence-electron chi connectivity index (χ3n) is 2.09. The monoisotopic (exact) mass is 133 g/mol. The van der Waals surface area contributed by atoms with Gasteiger partial charge in [-0.05, 0) is 18.4 Å². The normalized spacial score (nSPS) is 23.2. The number of hydrogen-bond donors (Lipinski definition) is 0. The van der Waals surface area contributed by atoms with Gasteiger partial charge in [0.05, 0.1) is 0 Å². The number of nitrogens with zero attached hydrogens (tertiary/aromatic N) is 1. The molecule has 1 nitrogen and oxygen atoms in total. The second-order valence-corrected chi connectivity index (χ2v) is 2.79. The van der Waals surface area contributed by atoms with Crippen LogP contribution in [0.4, 0.5) is 0 Å². The maximum Gasteiger partial charge on any atom is 0.241 e. The van der Waals surface area contributed by atoms with Crippen molar-refractivity contribution in [1.29, 1.82) is 0 Å². The highest BCUT2D eigenvalue weighted by Crippen LogP contribution is 2.21. The Kier molecular flexibility index (Phi) is 1.42. The van der Waals surface area contributed by atoms with Crippen LogP contribution in [0, 0.1) is 0 Å². The molecule has 1 radical (unpaired) electrons. The van der Waals surface area contributed by atoms with Gasteiger partial charge in [-0.2, -0.15) is 0 Å². The van der Waals surface area contributed by atoms with Crippen molar-refractivity contribution in [1.82, 2.24) is 4.99 Å². The molecule has 0 spiro atoms. The summed E-state index contributed by atoms with van der Waals surface area (Å²) in [6.07, 6.45) is 10.1. The molecular formula is C9H11N+. The molecule has 0 aromatic carbocycles. The largest absolute Gasteiger partial charge is 0.241 e. The molecule has 1 heteroatoms. The van der Waals surface area contributed by atoms with Crippen LogP contribution in [0.1, 0.15) is 19.3 Å². The fourth-order valence-corrected chi connectivity index (χ4v) is 1.50. The van der Waals surface area contributed by atoms with Crippen LogP contribution >= 0.6 is 0 Å². The van der Waals surface area contributed by atoms with Gasteiger partial charge in [-0.25, -0.2) is 0 Å². The van der Waals surface area contributed by atoms with Crippen LogP contribution < -0.4 is 4.99 Å². The summed E-state index contributed by atoms with van der Waals surface area (Å²) in [6.45, 7) is 1.01. The summed E-state index contributed by atoms with van der Waals surface area (Å²) < 4.78 is 0. The van der Waals surface area contributed by atoms with Crippen LogP contribution in [0.3, 0.4) is 0 Å². The van der Waals surface area contributed by atoms with Gasteiger partial charge in [0.25, 0.3) is 0 Å². The molecule has 0 unspecified atom stereocenters. The summed E-state index contributed by atoms with van der Waals surface area (Å²) in [5.41, 5.74) is 2.98. The second-order valence-electron chi connectivity index (χ2n) is 2.79. The zero-order valence-corrected chi connectivity index (χ0v) is 6.01. The van der Waals surface area contributed by atoms with Gasteiger partial charge in [0.2, 0.25) is 12.8 Å². The summed E-state index contributed by atoms with van der Waals surface area (Å²) in [6, 6.07) is 0. The fraction of sp³-hybridized carbons (Fsp3) is 0.444. The highest BCUT2D eigenvalue weighted by atomic mass is 14.7. The zero-order valence-electron chi connectivity index (χ0n) is 6.01. The number of dihydropyridines is 1. The molecule has 10 heavy (non-hydrogen) atoms. The molecule has 0 atom stereocenters. The van der Waals surface area contributed by atoms with Crippen LogP contribution in [0.15, 0.2) is 23.3 Å². The first-order chi connectivity index (χ1) is 4.97. The van der Waals surface area contributed by atoms with Crippen molar-refractivity contribution in [3.05, 3.63) is 23.3 Å². The lowest BCUT2D eigenvalue weighted by Gasteiger charge is -2.10. The quantitative estimate of drug-likeness (QED) is 0.475. The van der Waals surface area contributed by atoms with E-state index in [2.05, 4.69) is 17.1 Å². The van der Waals surface area contributed by atoms with Crippen LogP contribution in [-0.2, 0) is 0 Å². The SMILES string of the molecule is C1=CC2=C(CC1)CC[N+]=C2. The fourth-order valence-electron chi connectivity index (χ4n) is 1.50. The lowest BCUT2D eigenvalue weighted by Crippen LogP contribution is -2.10. The van der Waals surface area contributed by atoms with Crippen LogP contribution in [0.5, 0.6) is 0 Å².